The van der Waals surface area contributed by atoms with E-state index in [-0.39, 0.29) is 5.75 Å². The molecule has 0 fully saturated rings. The Labute approximate surface area is 100 Å². The first-order valence-corrected chi connectivity index (χ1v) is 5.65. The highest BCUT2D eigenvalue weighted by atomic mass is 32.2. The van der Waals surface area contributed by atoms with E-state index in [0.29, 0.717) is 23.4 Å². The lowest BCUT2D eigenvalue weighted by atomic mass is 10.5. The number of carboxylic acid groups (broad SMARTS) is 1. The monoisotopic (exact) mass is 255 g/mol. The number of aromatic nitrogens is 5. The standard InChI is InChI=1S/C8H9N5O3S/c1-5-10-11-8(17-3-7(14)15)13(5)2-6-9-4-16-12-6/h4H,2-3H2,1H3,(H,14,15). The zero-order chi connectivity index (χ0) is 12.3. The minimum absolute atomic E-state index is 0.0651. The van der Waals surface area contributed by atoms with Crippen LogP contribution in [0.1, 0.15) is 11.6 Å². The van der Waals surface area contributed by atoms with Crippen LogP contribution < -0.4 is 0 Å². The molecule has 2 aromatic rings. The van der Waals surface area contributed by atoms with Crippen LogP contribution in [0, 0.1) is 6.92 Å². The van der Waals surface area contributed by atoms with Crippen LogP contribution in [0.25, 0.3) is 0 Å². The first-order valence-electron chi connectivity index (χ1n) is 4.66. The molecule has 0 saturated carbocycles. The van der Waals surface area contributed by atoms with Crippen LogP contribution in [-0.4, -0.2) is 41.7 Å². The molecule has 0 saturated heterocycles. The summed E-state index contributed by atoms with van der Waals surface area (Å²) >= 11 is 1.10. The van der Waals surface area contributed by atoms with Crippen LogP contribution in [0.2, 0.25) is 0 Å². The maximum absolute atomic E-state index is 10.5. The molecule has 90 valence electrons. The second kappa shape index (κ2) is 4.95. The molecule has 0 aromatic carbocycles. The quantitative estimate of drug-likeness (QED) is 0.755. The molecule has 17 heavy (non-hydrogen) atoms. The zero-order valence-corrected chi connectivity index (χ0v) is 9.72. The molecule has 0 amide bonds. The summed E-state index contributed by atoms with van der Waals surface area (Å²) in [5.74, 6) is 0.194. The van der Waals surface area contributed by atoms with Gasteiger partial charge in [0.25, 0.3) is 0 Å². The molecule has 2 rings (SSSR count). The van der Waals surface area contributed by atoms with E-state index in [1.54, 1.807) is 11.5 Å². The SMILES string of the molecule is Cc1nnc(SCC(=O)O)n1Cc1ncon1. The third kappa shape index (κ3) is 2.81. The van der Waals surface area contributed by atoms with E-state index in [2.05, 4.69) is 24.9 Å². The number of thioether (sulfide) groups is 1. The van der Waals surface area contributed by atoms with E-state index < -0.39 is 5.97 Å². The topological polar surface area (TPSA) is 107 Å². The number of aryl methyl sites for hydroxylation is 1. The number of carbonyl (C=O) groups is 1. The molecule has 8 nitrogen and oxygen atoms in total. The average Bonchev–Trinajstić information content (AvgIpc) is 2.89. The van der Waals surface area contributed by atoms with Crippen molar-refractivity contribution in [3.05, 3.63) is 18.0 Å². The van der Waals surface area contributed by atoms with E-state index in [0.717, 1.165) is 11.8 Å². The maximum Gasteiger partial charge on any atom is 0.313 e. The van der Waals surface area contributed by atoms with Gasteiger partial charge in [0.05, 0.1) is 12.3 Å². The van der Waals surface area contributed by atoms with Gasteiger partial charge < -0.3 is 9.63 Å². The van der Waals surface area contributed by atoms with E-state index >= 15 is 0 Å². The van der Waals surface area contributed by atoms with Gasteiger partial charge in [0, 0.05) is 0 Å². The Morgan fingerprint density at radius 2 is 2.41 bits per heavy atom. The van der Waals surface area contributed by atoms with E-state index in [4.69, 9.17) is 5.11 Å². The summed E-state index contributed by atoms with van der Waals surface area (Å²) in [6.07, 6.45) is 1.24. The van der Waals surface area contributed by atoms with Gasteiger partial charge in [0.1, 0.15) is 5.82 Å². The summed E-state index contributed by atoms with van der Waals surface area (Å²) in [6.45, 7) is 2.13. The van der Waals surface area contributed by atoms with Gasteiger partial charge in [0.15, 0.2) is 11.0 Å². The Morgan fingerprint density at radius 1 is 1.59 bits per heavy atom. The molecule has 0 bridgehead atoms. The van der Waals surface area contributed by atoms with Crippen molar-refractivity contribution >= 4 is 17.7 Å². The fourth-order valence-corrected chi connectivity index (χ4v) is 1.88. The van der Waals surface area contributed by atoms with Gasteiger partial charge in [-0.05, 0) is 6.92 Å². The van der Waals surface area contributed by atoms with Crippen molar-refractivity contribution in [3.63, 3.8) is 0 Å². The van der Waals surface area contributed by atoms with Crippen molar-refractivity contribution < 1.29 is 14.4 Å². The van der Waals surface area contributed by atoms with Gasteiger partial charge in [-0.15, -0.1) is 10.2 Å². The van der Waals surface area contributed by atoms with Gasteiger partial charge in [0.2, 0.25) is 6.39 Å². The minimum atomic E-state index is -0.901. The third-order valence-electron chi connectivity index (χ3n) is 1.93. The Kier molecular flexibility index (Phi) is 3.38. The predicted molar refractivity (Wildman–Crippen MR) is 56.5 cm³/mol. The lowest BCUT2D eigenvalue weighted by Gasteiger charge is -2.03. The van der Waals surface area contributed by atoms with Crippen LogP contribution in [0.4, 0.5) is 0 Å². The van der Waals surface area contributed by atoms with Crippen molar-refractivity contribution in [1.29, 1.82) is 0 Å². The van der Waals surface area contributed by atoms with Crippen LogP contribution >= 0.6 is 11.8 Å². The predicted octanol–water partition coefficient (Wildman–Crippen LogP) is 0.195. The highest BCUT2D eigenvalue weighted by molar-refractivity contribution is 7.99. The second-order valence-corrected chi connectivity index (χ2v) is 4.09. The molecular formula is C8H9N5O3S. The van der Waals surface area contributed by atoms with Crippen molar-refractivity contribution in [2.45, 2.75) is 18.6 Å². The number of carboxylic acids is 1. The van der Waals surface area contributed by atoms with Gasteiger partial charge in [-0.2, -0.15) is 4.98 Å². The highest BCUT2D eigenvalue weighted by Crippen LogP contribution is 2.17. The van der Waals surface area contributed by atoms with Crippen molar-refractivity contribution in [2.24, 2.45) is 0 Å². The number of hydrogen-bond acceptors (Lipinski definition) is 7. The molecule has 0 radical (unpaired) electrons. The second-order valence-electron chi connectivity index (χ2n) is 3.15. The number of nitrogens with zero attached hydrogens (tertiary/aromatic N) is 5. The lowest BCUT2D eigenvalue weighted by Crippen LogP contribution is -2.07. The number of rotatable bonds is 5. The molecule has 2 heterocycles. The zero-order valence-electron chi connectivity index (χ0n) is 8.90. The molecule has 0 aliphatic rings. The van der Waals surface area contributed by atoms with Crippen molar-refractivity contribution in [1.82, 2.24) is 24.9 Å². The molecular weight excluding hydrogens is 246 g/mol. The first kappa shape index (κ1) is 11.6. The van der Waals surface area contributed by atoms with Gasteiger partial charge in [-0.25, -0.2) is 0 Å². The Bertz CT molecular complexity index is 509. The number of aliphatic carboxylic acids is 1. The molecule has 0 aliphatic carbocycles. The van der Waals surface area contributed by atoms with E-state index in [1.165, 1.54) is 6.39 Å². The summed E-state index contributed by atoms with van der Waals surface area (Å²) in [6, 6.07) is 0. The molecule has 0 unspecified atom stereocenters. The van der Waals surface area contributed by atoms with Gasteiger partial charge in [-0.1, -0.05) is 16.9 Å². The Hall–Kier alpha value is -1.90. The van der Waals surface area contributed by atoms with E-state index in [1.807, 2.05) is 0 Å². The minimum Gasteiger partial charge on any atom is -0.481 e. The third-order valence-corrected chi connectivity index (χ3v) is 2.88. The number of hydrogen-bond donors (Lipinski definition) is 1. The highest BCUT2D eigenvalue weighted by Gasteiger charge is 2.13. The lowest BCUT2D eigenvalue weighted by molar-refractivity contribution is -0.133. The summed E-state index contributed by atoms with van der Waals surface area (Å²) in [5.41, 5.74) is 0. The van der Waals surface area contributed by atoms with Crippen LogP contribution in [-0.2, 0) is 11.3 Å². The molecule has 2 aromatic heterocycles. The molecule has 0 atom stereocenters. The van der Waals surface area contributed by atoms with Crippen molar-refractivity contribution in [3.8, 4) is 0 Å². The Balaban J connectivity index is 2.14. The fraction of sp³-hybridized carbons (Fsp3) is 0.375. The largest absolute Gasteiger partial charge is 0.481 e. The summed E-state index contributed by atoms with van der Waals surface area (Å²) in [5, 5.41) is 20.6. The van der Waals surface area contributed by atoms with Gasteiger partial charge >= 0.3 is 5.97 Å². The van der Waals surface area contributed by atoms with E-state index in [9.17, 15) is 4.79 Å². The molecule has 0 aliphatic heterocycles. The molecule has 9 heteroatoms. The first-order chi connectivity index (χ1) is 8.16. The van der Waals surface area contributed by atoms with Crippen molar-refractivity contribution in [2.75, 3.05) is 5.75 Å². The van der Waals surface area contributed by atoms with Gasteiger partial charge in [-0.3, -0.25) is 9.36 Å². The van der Waals surface area contributed by atoms with Crippen LogP contribution in [0.3, 0.4) is 0 Å². The summed E-state index contributed by atoms with van der Waals surface area (Å²) in [4.78, 5) is 14.4. The Morgan fingerprint density at radius 3 is 3.06 bits per heavy atom. The fourth-order valence-electron chi connectivity index (χ4n) is 1.18. The average molecular weight is 255 g/mol. The molecule has 0 spiro atoms. The van der Waals surface area contributed by atoms with Crippen LogP contribution in [0.15, 0.2) is 16.1 Å². The summed E-state index contributed by atoms with van der Waals surface area (Å²) in [7, 11) is 0. The smallest absolute Gasteiger partial charge is 0.313 e. The van der Waals surface area contributed by atoms with Crippen LogP contribution in [0.5, 0.6) is 0 Å². The molecule has 1 N–H and O–H groups in total. The summed E-state index contributed by atoms with van der Waals surface area (Å²) < 4.78 is 6.36. The maximum atomic E-state index is 10.5. The normalized spacial score (nSPS) is 10.6.